The first-order chi connectivity index (χ1) is 10.9. The summed E-state index contributed by atoms with van der Waals surface area (Å²) in [6.45, 7) is 1.04. The molecule has 1 aliphatic rings. The predicted molar refractivity (Wildman–Crippen MR) is 78.0 cm³/mol. The molecule has 5 atom stereocenters. The number of aliphatic hydroxyl groups is 4. The highest BCUT2D eigenvalue weighted by Crippen LogP contribution is 2.41. The van der Waals surface area contributed by atoms with E-state index >= 15 is 0 Å². The van der Waals surface area contributed by atoms with Crippen LogP contribution in [0.1, 0.15) is 13.3 Å². The molecule has 126 valence electrons. The molecule has 0 aliphatic carbocycles. The van der Waals surface area contributed by atoms with Gasteiger partial charge in [0.25, 0.3) is 0 Å². The molecule has 1 saturated heterocycles. The molecule has 0 spiro atoms. The molecule has 10 nitrogen and oxygen atoms in total. The Hall–Kier alpha value is -1.85. The van der Waals surface area contributed by atoms with Gasteiger partial charge in [0.2, 0.25) is 0 Å². The number of hydrogen-bond acceptors (Lipinski definition) is 9. The molecule has 6 N–H and O–H groups in total. The molecule has 0 radical (unpaired) electrons. The number of nitrogen functional groups attached to an aromatic ring is 1. The minimum absolute atomic E-state index is 0.0445. The number of aromatic nitrogens is 4. The van der Waals surface area contributed by atoms with Crippen molar-refractivity contribution in [1.82, 2.24) is 19.5 Å². The summed E-state index contributed by atoms with van der Waals surface area (Å²) in [6.07, 6.45) is -2.03. The Labute approximate surface area is 131 Å². The van der Waals surface area contributed by atoms with Crippen molar-refractivity contribution in [2.24, 2.45) is 0 Å². The number of imidazole rings is 1. The summed E-state index contributed by atoms with van der Waals surface area (Å²) in [6, 6.07) is 0. The molecule has 10 heteroatoms. The highest BCUT2D eigenvalue weighted by molar-refractivity contribution is 5.81. The fraction of sp³-hybridized carbons (Fsp3) is 0.615. The molecule has 0 amide bonds. The van der Waals surface area contributed by atoms with Gasteiger partial charge >= 0.3 is 0 Å². The fourth-order valence-corrected chi connectivity index (χ4v) is 3.04. The van der Waals surface area contributed by atoms with Crippen molar-refractivity contribution < 1.29 is 25.2 Å². The van der Waals surface area contributed by atoms with E-state index in [0.717, 1.165) is 0 Å². The van der Waals surface area contributed by atoms with E-state index in [4.69, 9.17) is 10.5 Å². The van der Waals surface area contributed by atoms with Crippen LogP contribution >= 0.6 is 0 Å². The van der Waals surface area contributed by atoms with Gasteiger partial charge in [-0.3, -0.25) is 4.57 Å². The lowest BCUT2D eigenvalue weighted by Gasteiger charge is -2.34. The van der Waals surface area contributed by atoms with E-state index in [1.807, 2.05) is 0 Å². The quantitative estimate of drug-likeness (QED) is 0.426. The Balaban J connectivity index is 2.18. The van der Waals surface area contributed by atoms with Crippen molar-refractivity contribution >= 4 is 17.0 Å². The Bertz CT molecular complexity index is 707. The molecule has 2 aromatic heterocycles. The van der Waals surface area contributed by atoms with Crippen LogP contribution in [0.3, 0.4) is 0 Å². The Morgan fingerprint density at radius 3 is 2.74 bits per heavy atom. The predicted octanol–water partition coefficient (Wildman–Crippen LogP) is -2.05. The lowest BCUT2D eigenvalue weighted by molar-refractivity contribution is -0.163. The number of rotatable bonds is 4. The average Bonchev–Trinajstić information content (AvgIpc) is 3.04. The summed E-state index contributed by atoms with van der Waals surface area (Å²) in [5, 5.41) is 39.8. The number of anilines is 1. The van der Waals surface area contributed by atoms with Crippen LogP contribution in [-0.4, -0.2) is 71.0 Å². The first kappa shape index (κ1) is 16.0. The van der Waals surface area contributed by atoms with Crippen LogP contribution in [0.4, 0.5) is 5.82 Å². The average molecular weight is 325 g/mol. The van der Waals surface area contributed by atoms with Crippen LogP contribution in [0.25, 0.3) is 11.2 Å². The van der Waals surface area contributed by atoms with Crippen molar-refractivity contribution in [3.05, 3.63) is 12.7 Å². The number of ether oxygens (including phenoxy) is 1. The van der Waals surface area contributed by atoms with Gasteiger partial charge in [0, 0.05) is 6.42 Å². The molecule has 23 heavy (non-hydrogen) atoms. The van der Waals surface area contributed by atoms with Gasteiger partial charge in [-0.15, -0.1) is 0 Å². The van der Waals surface area contributed by atoms with Crippen LogP contribution in [0.2, 0.25) is 0 Å². The van der Waals surface area contributed by atoms with Crippen LogP contribution in [0.5, 0.6) is 0 Å². The van der Waals surface area contributed by atoms with E-state index in [-0.39, 0.29) is 12.2 Å². The maximum Gasteiger partial charge on any atom is 0.179 e. The van der Waals surface area contributed by atoms with Crippen LogP contribution in [0.15, 0.2) is 12.7 Å². The van der Waals surface area contributed by atoms with E-state index in [0.29, 0.717) is 11.2 Å². The molecule has 1 unspecified atom stereocenters. The third-order valence-electron chi connectivity index (χ3n) is 4.06. The Morgan fingerprint density at radius 2 is 2.13 bits per heavy atom. The molecule has 3 rings (SSSR count). The number of aliphatic hydroxyl groups excluding tert-OH is 4. The molecule has 0 saturated carbocycles. The Morgan fingerprint density at radius 1 is 1.39 bits per heavy atom. The van der Waals surface area contributed by atoms with Crippen molar-refractivity contribution in [2.45, 2.75) is 43.5 Å². The largest absolute Gasteiger partial charge is 0.394 e. The Kier molecular flexibility index (Phi) is 3.94. The molecular formula is C13H19N5O5. The minimum atomic E-state index is -1.53. The maximum atomic E-state index is 10.5. The number of nitrogens with zero attached hydrogens (tertiary/aromatic N) is 4. The van der Waals surface area contributed by atoms with Gasteiger partial charge in [0.1, 0.15) is 30.2 Å². The number of hydrogen-bond donors (Lipinski definition) is 5. The fourth-order valence-electron chi connectivity index (χ4n) is 3.04. The van der Waals surface area contributed by atoms with Gasteiger partial charge in [-0.05, 0) is 6.92 Å². The van der Waals surface area contributed by atoms with Gasteiger partial charge in [-0.1, -0.05) is 0 Å². The van der Waals surface area contributed by atoms with Gasteiger partial charge in [0.05, 0.1) is 19.0 Å². The zero-order valence-corrected chi connectivity index (χ0v) is 12.4. The van der Waals surface area contributed by atoms with Crippen LogP contribution in [0, 0.1) is 0 Å². The van der Waals surface area contributed by atoms with Crippen molar-refractivity contribution in [2.75, 3.05) is 12.3 Å². The monoisotopic (exact) mass is 325 g/mol. The SMILES string of the molecule is CC(O)C[C@@]1(n2cnc3c(N)ncnc32)O[C@H](CO)[C@@H](O)[C@H]1O. The van der Waals surface area contributed by atoms with Crippen molar-refractivity contribution in [1.29, 1.82) is 0 Å². The summed E-state index contributed by atoms with van der Waals surface area (Å²) in [4.78, 5) is 12.1. The summed E-state index contributed by atoms with van der Waals surface area (Å²) >= 11 is 0. The molecule has 2 aromatic rings. The van der Waals surface area contributed by atoms with E-state index in [2.05, 4.69) is 15.0 Å². The molecule has 3 heterocycles. The van der Waals surface area contributed by atoms with Gasteiger partial charge in [-0.25, -0.2) is 15.0 Å². The molecule has 1 fully saturated rings. The zero-order valence-electron chi connectivity index (χ0n) is 12.4. The summed E-state index contributed by atoms with van der Waals surface area (Å²) in [7, 11) is 0. The standard InChI is InChI=1S/C13H19N5O5/c1-6(20)2-13(10(22)9(21)7(3-19)23-13)18-5-17-8-11(14)15-4-16-12(8)18/h4-7,9-10,19-22H,2-3H2,1H3,(H2,14,15,16)/t6?,7-,9-,10-,13-/m1/s1. The molecular weight excluding hydrogens is 306 g/mol. The number of nitrogens with two attached hydrogens (primary N) is 1. The second kappa shape index (κ2) is 5.65. The van der Waals surface area contributed by atoms with Gasteiger partial charge < -0.3 is 30.9 Å². The topological polar surface area (TPSA) is 160 Å². The third kappa shape index (κ3) is 2.35. The van der Waals surface area contributed by atoms with Gasteiger partial charge in [0.15, 0.2) is 17.2 Å². The van der Waals surface area contributed by atoms with E-state index in [9.17, 15) is 20.4 Å². The smallest absolute Gasteiger partial charge is 0.179 e. The summed E-state index contributed by atoms with van der Waals surface area (Å²) in [5.41, 5.74) is 4.84. The highest BCUT2D eigenvalue weighted by atomic mass is 16.6. The van der Waals surface area contributed by atoms with Crippen LogP contribution < -0.4 is 5.73 Å². The lowest BCUT2D eigenvalue weighted by Crippen LogP contribution is -2.47. The normalized spacial score (nSPS) is 32.5. The highest BCUT2D eigenvalue weighted by Gasteiger charge is 2.56. The zero-order chi connectivity index (χ0) is 16.8. The summed E-state index contributed by atoms with van der Waals surface area (Å²) in [5.74, 6) is 0.160. The van der Waals surface area contributed by atoms with E-state index in [1.165, 1.54) is 24.1 Å². The number of fused-ring (bicyclic) bond motifs is 1. The molecule has 0 bridgehead atoms. The third-order valence-corrected chi connectivity index (χ3v) is 4.06. The van der Waals surface area contributed by atoms with E-state index < -0.39 is 36.7 Å². The molecule has 0 aromatic carbocycles. The molecule has 1 aliphatic heterocycles. The maximum absolute atomic E-state index is 10.5. The summed E-state index contributed by atoms with van der Waals surface area (Å²) < 4.78 is 7.15. The second-order valence-corrected chi connectivity index (χ2v) is 5.72. The first-order valence-electron chi connectivity index (χ1n) is 7.17. The van der Waals surface area contributed by atoms with Gasteiger partial charge in [-0.2, -0.15) is 0 Å². The second-order valence-electron chi connectivity index (χ2n) is 5.72. The van der Waals surface area contributed by atoms with Crippen LogP contribution in [-0.2, 0) is 10.5 Å². The van der Waals surface area contributed by atoms with Crippen molar-refractivity contribution in [3.8, 4) is 0 Å². The first-order valence-corrected chi connectivity index (χ1v) is 7.17. The minimum Gasteiger partial charge on any atom is -0.394 e. The van der Waals surface area contributed by atoms with E-state index in [1.54, 1.807) is 0 Å². The lowest BCUT2D eigenvalue weighted by atomic mass is 9.96. The van der Waals surface area contributed by atoms with Crippen molar-refractivity contribution in [3.63, 3.8) is 0 Å².